The van der Waals surface area contributed by atoms with Gasteiger partial charge in [0, 0.05) is 5.39 Å². The molecule has 0 N–H and O–H groups in total. The Labute approximate surface area is 121 Å². The first kappa shape index (κ1) is 13.0. The van der Waals surface area contributed by atoms with Crippen LogP contribution in [-0.4, -0.2) is 9.97 Å². The number of aryl methyl sites for hydroxylation is 2. The minimum Gasteiger partial charge on any atom is -0.228 e. The fourth-order valence-electron chi connectivity index (χ4n) is 2.22. The van der Waals surface area contributed by atoms with E-state index in [0.29, 0.717) is 16.5 Å². The fourth-order valence-corrected chi connectivity index (χ4v) is 2.55. The van der Waals surface area contributed by atoms with Crippen LogP contribution in [0.5, 0.6) is 0 Å². The van der Waals surface area contributed by atoms with Gasteiger partial charge in [-0.2, -0.15) is 0 Å². The Kier molecular flexibility index (Phi) is 3.14. The van der Waals surface area contributed by atoms with Crippen molar-refractivity contribution in [2.75, 3.05) is 0 Å². The van der Waals surface area contributed by atoms with Gasteiger partial charge in [-0.1, -0.05) is 29.8 Å². The molecule has 1 heterocycles. The molecule has 0 saturated heterocycles. The smallest absolute Gasteiger partial charge is 0.164 e. The second-order valence-corrected chi connectivity index (χ2v) is 5.15. The molecule has 3 rings (SSSR count). The maximum atomic E-state index is 14.0. The van der Waals surface area contributed by atoms with Crippen molar-refractivity contribution < 1.29 is 4.39 Å². The molecule has 0 unspecified atom stereocenters. The SMILES string of the molecule is Cc1ccc(-c2nc(Cl)c3c(C)cccc3n2)c(F)c1. The van der Waals surface area contributed by atoms with Crippen LogP contribution in [-0.2, 0) is 0 Å². The zero-order chi connectivity index (χ0) is 14.3. The summed E-state index contributed by atoms with van der Waals surface area (Å²) in [6.07, 6.45) is 0. The molecule has 0 atom stereocenters. The van der Waals surface area contributed by atoms with Crippen LogP contribution in [0.4, 0.5) is 4.39 Å². The highest BCUT2D eigenvalue weighted by molar-refractivity contribution is 6.34. The summed E-state index contributed by atoms with van der Waals surface area (Å²) in [6, 6.07) is 10.7. The second-order valence-electron chi connectivity index (χ2n) is 4.79. The van der Waals surface area contributed by atoms with E-state index in [-0.39, 0.29) is 5.82 Å². The third-order valence-electron chi connectivity index (χ3n) is 3.25. The number of rotatable bonds is 1. The van der Waals surface area contributed by atoms with Gasteiger partial charge in [0.15, 0.2) is 5.82 Å². The van der Waals surface area contributed by atoms with Crippen LogP contribution in [0.2, 0.25) is 5.15 Å². The Morgan fingerprint density at radius 2 is 1.85 bits per heavy atom. The highest BCUT2D eigenvalue weighted by atomic mass is 35.5. The van der Waals surface area contributed by atoms with E-state index in [1.807, 2.05) is 38.1 Å². The predicted octanol–water partition coefficient (Wildman–Crippen LogP) is 4.71. The zero-order valence-corrected chi connectivity index (χ0v) is 11.9. The second kappa shape index (κ2) is 4.84. The topological polar surface area (TPSA) is 25.8 Å². The van der Waals surface area contributed by atoms with Crippen molar-refractivity contribution in [2.45, 2.75) is 13.8 Å². The van der Waals surface area contributed by atoms with Crippen molar-refractivity contribution in [2.24, 2.45) is 0 Å². The molecule has 0 aliphatic rings. The molecule has 1 aromatic heterocycles. The van der Waals surface area contributed by atoms with E-state index in [9.17, 15) is 4.39 Å². The van der Waals surface area contributed by atoms with Gasteiger partial charge in [-0.25, -0.2) is 14.4 Å². The number of aromatic nitrogens is 2. The quantitative estimate of drug-likeness (QED) is 0.606. The Balaban J connectivity index is 2.28. The van der Waals surface area contributed by atoms with Crippen molar-refractivity contribution in [1.82, 2.24) is 9.97 Å². The van der Waals surface area contributed by atoms with E-state index < -0.39 is 0 Å². The van der Waals surface area contributed by atoms with Gasteiger partial charge in [0.25, 0.3) is 0 Å². The van der Waals surface area contributed by atoms with Gasteiger partial charge >= 0.3 is 0 Å². The first-order valence-electron chi connectivity index (χ1n) is 6.25. The lowest BCUT2D eigenvalue weighted by Crippen LogP contribution is -1.95. The molecule has 0 aliphatic heterocycles. The molecule has 0 bridgehead atoms. The molecule has 0 fully saturated rings. The molecule has 100 valence electrons. The molecule has 2 nitrogen and oxygen atoms in total. The molecular weight excluding hydrogens is 275 g/mol. The largest absolute Gasteiger partial charge is 0.228 e. The van der Waals surface area contributed by atoms with E-state index in [4.69, 9.17) is 11.6 Å². The summed E-state index contributed by atoms with van der Waals surface area (Å²) < 4.78 is 14.0. The molecule has 0 spiro atoms. The Morgan fingerprint density at radius 1 is 1.05 bits per heavy atom. The number of hydrogen-bond donors (Lipinski definition) is 0. The van der Waals surface area contributed by atoms with Crippen molar-refractivity contribution >= 4 is 22.5 Å². The first-order chi connectivity index (χ1) is 9.56. The summed E-state index contributed by atoms with van der Waals surface area (Å²) in [5.74, 6) is -0.0290. The average molecular weight is 287 g/mol. The number of hydrogen-bond acceptors (Lipinski definition) is 2. The van der Waals surface area contributed by atoms with Gasteiger partial charge in [-0.3, -0.25) is 0 Å². The number of fused-ring (bicyclic) bond motifs is 1. The van der Waals surface area contributed by atoms with E-state index in [0.717, 1.165) is 22.0 Å². The van der Waals surface area contributed by atoms with Crippen molar-refractivity contribution in [1.29, 1.82) is 0 Å². The maximum absolute atomic E-state index is 14.0. The van der Waals surface area contributed by atoms with Crippen LogP contribution in [0.15, 0.2) is 36.4 Å². The monoisotopic (exact) mass is 286 g/mol. The van der Waals surface area contributed by atoms with Crippen LogP contribution < -0.4 is 0 Å². The van der Waals surface area contributed by atoms with Crippen molar-refractivity contribution in [3.63, 3.8) is 0 Å². The molecule has 2 aromatic carbocycles. The summed E-state index contributed by atoms with van der Waals surface area (Å²) in [5, 5.41) is 1.16. The number of benzene rings is 2. The molecule has 0 saturated carbocycles. The predicted molar refractivity (Wildman–Crippen MR) is 79.4 cm³/mol. The van der Waals surface area contributed by atoms with Gasteiger partial charge in [0.1, 0.15) is 11.0 Å². The van der Waals surface area contributed by atoms with E-state index in [1.54, 1.807) is 6.07 Å². The highest BCUT2D eigenvalue weighted by Crippen LogP contribution is 2.28. The fraction of sp³-hybridized carbons (Fsp3) is 0.125. The van der Waals surface area contributed by atoms with E-state index in [2.05, 4.69) is 9.97 Å². The van der Waals surface area contributed by atoms with Crippen molar-refractivity contribution in [3.05, 3.63) is 58.5 Å². The lowest BCUT2D eigenvalue weighted by Gasteiger charge is -2.07. The first-order valence-corrected chi connectivity index (χ1v) is 6.63. The summed E-state index contributed by atoms with van der Waals surface area (Å²) in [5.41, 5.74) is 2.94. The molecular formula is C16H12ClFN2. The molecule has 0 aliphatic carbocycles. The number of nitrogens with zero attached hydrogens (tertiary/aromatic N) is 2. The van der Waals surface area contributed by atoms with E-state index in [1.165, 1.54) is 6.07 Å². The molecule has 0 amide bonds. The maximum Gasteiger partial charge on any atom is 0.164 e. The van der Waals surface area contributed by atoms with Gasteiger partial charge in [0.05, 0.1) is 11.1 Å². The molecule has 4 heteroatoms. The number of halogens is 2. The summed E-state index contributed by atoms with van der Waals surface area (Å²) in [4.78, 5) is 8.66. The molecule has 3 aromatic rings. The lowest BCUT2D eigenvalue weighted by atomic mass is 10.1. The average Bonchev–Trinajstić information content (AvgIpc) is 2.38. The van der Waals surface area contributed by atoms with E-state index >= 15 is 0 Å². The minimum atomic E-state index is -0.340. The Morgan fingerprint density at radius 3 is 2.60 bits per heavy atom. The van der Waals surface area contributed by atoms with Crippen LogP contribution in [0, 0.1) is 19.7 Å². The van der Waals surface area contributed by atoms with Crippen LogP contribution >= 0.6 is 11.6 Å². The normalized spacial score (nSPS) is 11.0. The zero-order valence-electron chi connectivity index (χ0n) is 11.1. The van der Waals surface area contributed by atoms with Gasteiger partial charge in [-0.15, -0.1) is 0 Å². The molecule has 0 radical (unpaired) electrons. The lowest BCUT2D eigenvalue weighted by molar-refractivity contribution is 0.629. The van der Waals surface area contributed by atoms with Crippen molar-refractivity contribution in [3.8, 4) is 11.4 Å². The minimum absolute atomic E-state index is 0.311. The third-order valence-corrected chi connectivity index (χ3v) is 3.53. The van der Waals surface area contributed by atoms with Gasteiger partial charge in [-0.05, 0) is 43.2 Å². The van der Waals surface area contributed by atoms with Gasteiger partial charge < -0.3 is 0 Å². The summed E-state index contributed by atoms with van der Waals surface area (Å²) >= 11 is 6.23. The van der Waals surface area contributed by atoms with Gasteiger partial charge in [0.2, 0.25) is 0 Å². The highest BCUT2D eigenvalue weighted by Gasteiger charge is 2.12. The van der Waals surface area contributed by atoms with Crippen LogP contribution in [0.1, 0.15) is 11.1 Å². The summed E-state index contributed by atoms with van der Waals surface area (Å²) in [7, 11) is 0. The standard InChI is InChI=1S/C16H12ClFN2/c1-9-6-7-11(12(18)8-9)16-19-13-5-3-4-10(2)14(13)15(17)20-16/h3-8H,1-2H3. The van der Waals surface area contributed by atoms with Crippen LogP contribution in [0.3, 0.4) is 0 Å². The third kappa shape index (κ3) is 2.14. The molecule has 20 heavy (non-hydrogen) atoms. The van der Waals surface area contributed by atoms with Crippen LogP contribution in [0.25, 0.3) is 22.3 Å². The Hall–Kier alpha value is -2.00. The summed E-state index contributed by atoms with van der Waals surface area (Å²) in [6.45, 7) is 3.79. The Bertz CT molecular complexity index is 815.